The lowest BCUT2D eigenvalue weighted by Gasteiger charge is -2.23. The summed E-state index contributed by atoms with van der Waals surface area (Å²) in [6, 6.07) is 21.6. The van der Waals surface area contributed by atoms with Gasteiger partial charge in [-0.15, -0.1) is 10.2 Å². The standard InChI is InChI=1S/C31H27N3O5S2/c1-3-38-23-11-7-10-20(16-23)26-25(27(35)21-12-13-24-22(15-21)14-18(2)39-24)28(36)29(37)34(26)30-32-33-31(41-30)40-17-19-8-5-4-6-9-19/h4-13,15-16,18,26,35H,3,14,17H2,1-2H3/b27-25+. The number of thioether (sulfide) groups is 1. The number of fused-ring (bicyclic) bond motifs is 1. The molecule has 0 bridgehead atoms. The van der Waals surface area contributed by atoms with Crippen LogP contribution < -0.4 is 14.4 Å². The average molecular weight is 586 g/mol. The molecule has 10 heteroatoms. The Morgan fingerprint density at radius 2 is 1.93 bits per heavy atom. The highest BCUT2D eigenvalue weighted by atomic mass is 32.2. The number of rotatable bonds is 8. The van der Waals surface area contributed by atoms with Gasteiger partial charge in [0.1, 0.15) is 23.4 Å². The van der Waals surface area contributed by atoms with E-state index < -0.39 is 17.7 Å². The van der Waals surface area contributed by atoms with Crippen molar-refractivity contribution in [2.24, 2.45) is 0 Å². The van der Waals surface area contributed by atoms with Gasteiger partial charge in [0.15, 0.2) is 4.34 Å². The third-order valence-corrected chi connectivity index (χ3v) is 9.03. The molecular weight excluding hydrogens is 558 g/mol. The molecule has 1 fully saturated rings. The molecule has 2 atom stereocenters. The van der Waals surface area contributed by atoms with Crippen LogP contribution in [-0.2, 0) is 21.8 Å². The van der Waals surface area contributed by atoms with Gasteiger partial charge in [-0.2, -0.15) is 0 Å². The maximum absolute atomic E-state index is 13.6. The molecule has 2 unspecified atom stereocenters. The molecule has 0 radical (unpaired) electrons. The molecule has 208 valence electrons. The van der Waals surface area contributed by atoms with Crippen molar-refractivity contribution in [1.29, 1.82) is 0 Å². The Bertz CT molecular complexity index is 1650. The number of hydrogen-bond acceptors (Lipinski definition) is 9. The molecule has 1 aromatic heterocycles. The number of hydrogen-bond donors (Lipinski definition) is 1. The lowest BCUT2D eigenvalue weighted by Crippen LogP contribution is -2.29. The van der Waals surface area contributed by atoms with Crippen LogP contribution in [-0.4, -0.2) is 39.7 Å². The van der Waals surface area contributed by atoms with Gasteiger partial charge in [-0.05, 0) is 60.9 Å². The predicted molar refractivity (Wildman–Crippen MR) is 159 cm³/mol. The maximum atomic E-state index is 13.6. The molecule has 0 saturated carbocycles. The summed E-state index contributed by atoms with van der Waals surface area (Å²) in [6.07, 6.45) is 0.722. The monoisotopic (exact) mass is 585 g/mol. The Balaban J connectivity index is 1.41. The van der Waals surface area contributed by atoms with Crippen LogP contribution in [0.1, 0.15) is 42.1 Å². The smallest absolute Gasteiger partial charge is 0.301 e. The number of aliphatic hydroxyl groups is 1. The second kappa shape index (κ2) is 11.4. The predicted octanol–water partition coefficient (Wildman–Crippen LogP) is 6.18. The van der Waals surface area contributed by atoms with Crippen LogP contribution in [0, 0.1) is 0 Å². The normalized spacial score (nSPS) is 19.3. The zero-order chi connectivity index (χ0) is 28.5. The van der Waals surface area contributed by atoms with Gasteiger partial charge in [0.05, 0.1) is 18.2 Å². The fourth-order valence-electron chi connectivity index (χ4n) is 5.09. The zero-order valence-corrected chi connectivity index (χ0v) is 24.1. The van der Waals surface area contributed by atoms with Crippen molar-refractivity contribution in [2.45, 2.75) is 42.5 Å². The molecule has 0 spiro atoms. The number of ketones is 1. The number of aromatic nitrogens is 2. The first-order valence-electron chi connectivity index (χ1n) is 13.3. The van der Waals surface area contributed by atoms with E-state index in [1.54, 1.807) is 24.3 Å². The van der Waals surface area contributed by atoms with Crippen molar-refractivity contribution in [2.75, 3.05) is 11.5 Å². The first-order valence-corrected chi connectivity index (χ1v) is 15.1. The van der Waals surface area contributed by atoms with Crippen molar-refractivity contribution in [3.05, 3.63) is 101 Å². The lowest BCUT2D eigenvalue weighted by molar-refractivity contribution is -0.132. The summed E-state index contributed by atoms with van der Waals surface area (Å²) in [6.45, 7) is 4.32. The van der Waals surface area contributed by atoms with E-state index in [1.807, 2.05) is 62.4 Å². The van der Waals surface area contributed by atoms with Gasteiger partial charge in [-0.3, -0.25) is 14.5 Å². The van der Waals surface area contributed by atoms with Gasteiger partial charge in [-0.1, -0.05) is 65.6 Å². The summed E-state index contributed by atoms with van der Waals surface area (Å²) in [7, 11) is 0. The minimum atomic E-state index is -0.918. The Labute approximate surface area is 245 Å². The quantitative estimate of drug-likeness (QED) is 0.0860. The molecule has 0 aliphatic carbocycles. The second-order valence-corrected chi connectivity index (χ2v) is 11.9. The summed E-state index contributed by atoms with van der Waals surface area (Å²) in [5.41, 5.74) is 3.13. The Morgan fingerprint density at radius 3 is 2.73 bits per heavy atom. The van der Waals surface area contributed by atoms with Crippen LogP contribution >= 0.6 is 23.1 Å². The SMILES string of the molecule is CCOc1cccc(C2/C(=C(\O)c3ccc4c(c3)CC(C)O4)C(=O)C(=O)N2c2nnc(SCc3ccccc3)s2)c1. The first-order chi connectivity index (χ1) is 19.9. The summed E-state index contributed by atoms with van der Waals surface area (Å²) in [4.78, 5) is 28.5. The number of ether oxygens (including phenoxy) is 2. The highest BCUT2D eigenvalue weighted by Gasteiger charge is 2.48. The number of amides is 1. The van der Waals surface area contributed by atoms with Crippen LogP contribution in [0.3, 0.4) is 0 Å². The Morgan fingerprint density at radius 1 is 1.10 bits per heavy atom. The van der Waals surface area contributed by atoms with Crippen molar-refractivity contribution >= 4 is 45.7 Å². The van der Waals surface area contributed by atoms with E-state index in [0.29, 0.717) is 40.0 Å². The molecule has 8 nitrogen and oxygen atoms in total. The highest BCUT2D eigenvalue weighted by molar-refractivity contribution is 8.00. The summed E-state index contributed by atoms with van der Waals surface area (Å²) in [5, 5.41) is 20.4. The highest BCUT2D eigenvalue weighted by Crippen LogP contribution is 2.45. The second-order valence-electron chi connectivity index (χ2n) is 9.75. The minimum absolute atomic E-state index is 0.00995. The molecule has 2 aliphatic heterocycles. The van der Waals surface area contributed by atoms with Crippen LogP contribution in [0.2, 0.25) is 0 Å². The third kappa shape index (κ3) is 5.32. The van der Waals surface area contributed by atoms with Crippen molar-refractivity contribution in [3.63, 3.8) is 0 Å². The maximum Gasteiger partial charge on any atom is 0.301 e. The molecule has 41 heavy (non-hydrogen) atoms. The fraction of sp³-hybridized carbons (Fsp3) is 0.226. The van der Waals surface area contributed by atoms with Crippen LogP contribution in [0.5, 0.6) is 11.5 Å². The van der Waals surface area contributed by atoms with Crippen molar-refractivity contribution in [3.8, 4) is 11.5 Å². The van der Waals surface area contributed by atoms with E-state index in [-0.39, 0.29) is 22.6 Å². The number of carbonyl (C=O) groups is 2. The largest absolute Gasteiger partial charge is 0.507 e. The first kappa shape index (κ1) is 27.0. The van der Waals surface area contributed by atoms with E-state index in [9.17, 15) is 14.7 Å². The van der Waals surface area contributed by atoms with Gasteiger partial charge >= 0.3 is 5.91 Å². The van der Waals surface area contributed by atoms with Crippen LogP contribution in [0.25, 0.3) is 5.76 Å². The molecule has 1 saturated heterocycles. The third-order valence-electron chi connectivity index (χ3n) is 6.91. The van der Waals surface area contributed by atoms with Gasteiger partial charge in [0, 0.05) is 17.7 Å². The Hall–Kier alpha value is -4.15. The summed E-state index contributed by atoms with van der Waals surface area (Å²) in [5.74, 6) is 0.235. The fourth-order valence-corrected chi connectivity index (χ4v) is 6.91. The van der Waals surface area contributed by atoms with E-state index in [0.717, 1.165) is 16.9 Å². The van der Waals surface area contributed by atoms with Gasteiger partial charge in [-0.25, -0.2) is 0 Å². The van der Waals surface area contributed by atoms with Crippen molar-refractivity contribution < 1.29 is 24.2 Å². The molecule has 1 N–H and O–H groups in total. The number of aliphatic hydroxyl groups excluding tert-OH is 1. The number of nitrogens with zero attached hydrogens (tertiary/aromatic N) is 3. The molecule has 3 heterocycles. The van der Waals surface area contributed by atoms with E-state index in [2.05, 4.69) is 10.2 Å². The number of anilines is 1. The van der Waals surface area contributed by atoms with Gasteiger partial charge < -0.3 is 14.6 Å². The molecule has 4 aromatic rings. The molecule has 1 amide bonds. The molecular formula is C31H27N3O5S2. The number of Topliss-reactive ketones (excluding diaryl/α,β-unsaturated/α-hetero) is 1. The molecule has 2 aliphatic rings. The molecule has 3 aromatic carbocycles. The number of carbonyl (C=O) groups excluding carboxylic acids is 2. The van der Waals surface area contributed by atoms with E-state index in [1.165, 1.54) is 28.0 Å². The van der Waals surface area contributed by atoms with E-state index >= 15 is 0 Å². The number of benzene rings is 3. The topological polar surface area (TPSA) is 102 Å². The van der Waals surface area contributed by atoms with Gasteiger partial charge in [0.25, 0.3) is 5.78 Å². The van der Waals surface area contributed by atoms with Crippen molar-refractivity contribution in [1.82, 2.24) is 10.2 Å². The van der Waals surface area contributed by atoms with Crippen LogP contribution in [0.15, 0.2) is 82.7 Å². The average Bonchev–Trinajstić information content (AvgIpc) is 3.67. The minimum Gasteiger partial charge on any atom is -0.507 e. The molecule has 6 rings (SSSR count). The van der Waals surface area contributed by atoms with Crippen LogP contribution in [0.4, 0.5) is 5.13 Å². The van der Waals surface area contributed by atoms with E-state index in [4.69, 9.17) is 9.47 Å². The lowest BCUT2D eigenvalue weighted by atomic mass is 9.94. The Kier molecular flexibility index (Phi) is 7.51. The van der Waals surface area contributed by atoms with Gasteiger partial charge in [0.2, 0.25) is 5.13 Å². The summed E-state index contributed by atoms with van der Waals surface area (Å²) >= 11 is 2.74. The zero-order valence-electron chi connectivity index (χ0n) is 22.4. The summed E-state index contributed by atoms with van der Waals surface area (Å²) < 4.78 is 12.2.